The normalized spacial score (nSPS) is 14.2. The molecule has 1 fully saturated rings. The number of rotatable bonds is 5. The molecular formula is C23H20N4O3S. The van der Waals surface area contributed by atoms with Crippen molar-refractivity contribution in [1.29, 1.82) is 0 Å². The number of carbonyl (C=O) groups excluding carboxylic acids is 1. The van der Waals surface area contributed by atoms with E-state index in [4.69, 9.17) is 0 Å². The lowest BCUT2D eigenvalue weighted by molar-refractivity contribution is 0.104. The Balaban J connectivity index is 1.56. The average Bonchev–Trinajstić information content (AvgIpc) is 3.54. The van der Waals surface area contributed by atoms with Gasteiger partial charge in [0.25, 0.3) is 0 Å². The van der Waals surface area contributed by atoms with E-state index in [0.717, 1.165) is 36.9 Å². The third kappa shape index (κ3) is 3.48. The van der Waals surface area contributed by atoms with Crippen LogP contribution < -0.4 is 4.90 Å². The van der Waals surface area contributed by atoms with Crippen molar-refractivity contribution >= 4 is 34.5 Å². The van der Waals surface area contributed by atoms with E-state index in [9.17, 15) is 14.7 Å². The molecule has 31 heavy (non-hydrogen) atoms. The van der Waals surface area contributed by atoms with Crippen LogP contribution in [0.5, 0.6) is 0 Å². The lowest BCUT2D eigenvalue weighted by Gasteiger charge is -2.26. The molecule has 1 N–H and O–H groups in total. The molecule has 3 heterocycles. The second-order valence-electron chi connectivity index (χ2n) is 7.57. The van der Waals surface area contributed by atoms with Crippen LogP contribution in [0.3, 0.4) is 0 Å². The first-order valence-electron chi connectivity index (χ1n) is 10.2. The van der Waals surface area contributed by atoms with Gasteiger partial charge >= 0.3 is 6.09 Å². The Morgan fingerprint density at radius 1 is 1.13 bits per heavy atom. The number of carbonyl (C=O) groups is 2. The second-order valence-corrected chi connectivity index (χ2v) is 8.52. The topological polar surface area (TPSA) is 87.8 Å². The zero-order valence-corrected chi connectivity index (χ0v) is 17.5. The molecule has 1 saturated carbocycles. The summed E-state index contributed by atoms with van der Waals surface area (Å²) in [4.78, 5) is 31.3. The van der Waals surface area contributed by atoms with E-state index in [1.54, 1.807) is 23.0 Å². The van der Waals surface area contributed by atoms with Crippen LogP contribution in [0.2, 0.25) is 0 Å². The number of fused-ring (bicyclic) bond motifs is 1. The Kier molecular flexibility index (Phi) is 4.99. The predicted molar refractivity (Wildman–Crippen MR) is 119 cm³/mol. The van der Waals surface area contributed by atoms with Gasteiger partial charge in [-0.25, -0.2) is 14.3 Å². The molecule has 0 spiro atoms. The van der Waals surface area contributed by atoms with Crippen molar-refractivity contribution in [1.82, 2.24) is 14.6 Å². The van der Waals surface area contributed by atoms with Gasteiger partial charge in [-0.15, -0.1) is 11.3 Å². The Hall–Kier alpha value is -3.52. The quantitative estimate of drug-likeness (QED) is 0.443. The van der Waals surface area contributed by atoms with Crippen molar-refractivity contribution < 1.29 is 14.7 Å². The number of hydrogen-bond donors (Lipinski definition) is 1. The Bertz CT molecular complexity index is 1260. The van der Waals surface area contributed by atoms with Gasteiger partial charge in [0.15, 0.2) is 5.65 Å². The van der Waals surface area contributed by atoms with Crippen LogP contribution in [0.1, 0.15) is 40.9 Å². The van der Waals surface area contributed by atoms with Crippen molar-refractivity contribution in [2.45, 2.75) is 31.7 Å². The minimum Gasteiger partial charge on any atom is -0.465 e. The van der Waals surface area contributed by atoms with Gasteiger partial charge in [-0.05, 0) is 42.5 Å². The van der Waals surface area contributed by atoms with E-state index in [1.807, 2.05) is 41.8 Å². The first kappa shape index (κ1) is 19.4. The average molecular weight is 433 g/mol. The summed E-state index contributed by atoms with van der Waals surface area (Å²) in [5.74, 6) is -0.110. The van der Waals surface area contributed by atoms with Gasteiger partial charge in [-0.2, -0.15) is 5.10 Å². The maximum atomic E-state index is 12.8. The Labute approximate surface area is 182 Å². The molecule has 0 bridgehead atoms. The molecule has 0 unspecified atom stereocenters. The van der Waals surface area contributed by atoms with Crippen LogP contribution in [0, 0.1) is 0 Å². The number of amides is 1. The molecule has 0 radical (unpaired) electrons. The van der Waals surface area contributed by atoms with E-state index in [2.05, 4.69) is 10.1 Å². The van der Waals surface area contributed by atoms with Crippen LogP contribution in [0.25, 0.3) is 16.9 Å². The number of thiophene rings is 1. The highest BCUT2D eigenvalue weighted by molar-refractivity contribution is 7.12. The van der Waals surface area contributed by atoms with E-state index < -0.39 is 6.09 Å². The summed E-state index contributed by atoms with van der Waals surface area (Å²) in [6.07, 6.45) is 6.11. The van der Waals surface area contributed by atoms with E-state index >= 15 is 0 Å². The summed E-state index contributed by atoms with van der Waals surface area (Å²) in [5.41, 5.74) is 3.12. The van der Waals surface area contributed by atoms with Crippen LogP contribution >= 0.6 is 11.3 Å². The Morgan fingerprint density at radius 3 is 2.71 bits per heavy atom. The minimum absolute atomic E-state index is 0.00457. The molecule has 8 heteroatoms. The SMILES string of the molecule is O=C(c1cccs1)c1cnn2c(-c3cccc(N(C(=O)O)C4CCCC4)c3)ccnc12. The number of nitrogens with zero attached hydrogens (tertiary/aromatic N) is 4. The highest BCUT2D eigenvalue weighted by Gasteiger charge is 2.28. The summed E-state index contributed by atoms with van der Waals surface area (Å²) < 4.78 is 1.64. The van der Waals surface area contributed by atoms with Crippen LogP contribution in [0.15, 0.2) is 60.2 Å². The van der Waals surface area contributed by atoms with Gasteiger partial charge in [0, 0.05) is 23.5 Å². The first-order valence-corrected chi connectivity index (χ1v) is 11.0. The maximum Gasteiger partial charge on any atom is 0.412 e. The van der Waals surface area contributed by atoms with E-state index in [-0.39, 0.29) is 11.8 Å². The lowest BCUT2D eigenvalue weighted by atomic mass is 10.1. The van der Waals surface area contributed by atoms with Gasteiger partial charge in [-0.1, -0.05) is 31.0 Å². The van der Waals surface area contributed by atoms with Gasteiger partial charge in [0.05, 0.1) is 22.3 Å². The fourth-order valence-corrected chi connectivity index (χ4v) is 4.94. The van der Waals surface area contributed by atoms with Gasteiger partial charge in [0.1, 0.15) is 0 Å². The first-order chi connectivity index (χ1) is 15.1. The molecule has 156 valence electrons. The molecule has 4 aromatic rings. The summed E-state index contributed by atoms with van der Waals surface area (Å²) in [5, 5.41) is 16.1. The molecule has 7 nitrogen and oxygen atoms in total. The number of anilines is 1. The van der Waals surface area contributed by atoms with E-state index in [0.29, 0.717) is 21.8 Å². The molecule has 0 saturated heterocycles. The smallest absolute Gasteiger partial charge is 0.412 e. The van der Waals surface area contributed by atoms with Crippen molar-refractivity contribution in [3.8, 4) is 11.3 Å². The molecular weight excluding hydrogens is 412 g/mol. The van der Waals surface area contributed by atoms with E-state index in [1.165, 1.54) is 16.2 Å². The second kappa shape index (κ2) is 7.96. The molecule has 1 aliphatic carbocycles. The molecule has 3 aromatic heterocycles. The third-order valence-electron chi connectivity index (χ3n) is 5.71. The molecule has 0 aliphatic heterocycles. The predicted octanol–water partition coefficient (Wildman–Crippen LogP) is 5.12. The molecule has 1 aromatic carbocycles. The zero-order valence-electron chi connectivity index (χ0n) is 16.6. The third-order valence-corrected chi connectivity index (χ3v) is 6.58. The number of carboxylic acid groups (broad SMARTS) is 1. The number of benzene rings is 1. The minimum atomic E-state index is -0.938. The molecule has 0 atom stereocenters. The van der Waals surface area contributed by atoms with Crippen LogP contribution in [-0.4, -0.2) is 37.6 Å². The van der Waals surface area contributed by atoms with Gasteiger partial charge in [0.2, 0.25) is 5.78 Å². The Morgan fingerprint density at radius 2 is 1.97 bits per heavy atom. The lowest BCUT2D eigenvalue weighted by Crippen LogP contribution is -2.37. The summed E-state index contributed by atoms with van der Waals surface area (Å²) in [6, 6.07) is 12.9. The summed E-state index contributed by atoms with van der Waals surface area (Å²) in [6.45, 7) is 0. The summed E-state index contributed by atoms with van der Waals surface area (Å²) >= 11 is 1.38. The standard InChI is InChI=1S/C23H20N4O3S/c28-21(20-9-4-12-31-20)18-14-25-27-19(10-11-24-22(18)27)15-5-3-8-17(13-15)26(23(29)30)16-6-1-2-7-16/h3-5,8-14,16H,1-2,6-7H2,(H,29,30). The number of hydrogen-bond acceptors (Lipinski definition) is 5. The number of aromatic nitrogens is 3. The van der Waals surface area contributed by atoms with Crippen LogP contribution in [0.4, 0.5) is 10.5 Å². The monoisotopic (exact) mass is 432 g/mol. The highest BCUT2D eigenvalue weighted by atomic mass is 32.1. The van der Waals surface area contributed by atoms with Crippen molar-refractivity contribution in [3.05, 3.63) is 70.7 Å². The zero-order chi connectivity index (χ0) is 21.4. The largest absolute Gasteiger partial charge is 0.465 e. The number of ketones is 1. The van der Waals surface area contributed by atoms with Crippen LogP contribution in [-0.2, 0) is 0 Å². The van der Waals surface area contributed by atoms with Gasteiger partial charge < -0.3 is 5.11 Å². The molecule has 5 rings (SSSR count). The van der Waals surface area contributed by atoms with Gasteiger partial charge in [-0.3, -0.25) is 9.69 Å². The summed E-state index contributed by atoms with van der Waals surface area (Å²) in [7, 11) is 0. The maximum absolute atomic E-state index is 12.8. The molecule has 1 amide bonds. The van der Waals surface area contributed by atoms with Crippen molar-refractivity contribution in [2.24, 2.45) is 0 Å². The fraction of sp³-hybridized carbons (Fsp3) is 0.217. The highest BCUT2D eigenvalue weighted by Crippen LogP contribution is 2.31. The molecule has 1 aliphatic rings. The van der Waals surface area contributed by atoms with Crippen molar-refractivity contribution in [2.75, 3.05) is 4.90 Å². The fourth-order valence-electron chi connectivity index (χ4n) is 4.27. The van der Waals surface area contributed by atoms with Crippen molar-refractivity contribution in [3.63, 3.8) is 0 Å².